The molecule has 0 saturated carbocycles. The van der Waals surface area contributed by atoms with Crippen molar-refractivity contribution in [2.75, 3.05) is 98.3 Å². The van der Waals surface area contributed by atoms with Gasteiger partial charge in [0.05, 0.1) is 18.1 Å². The maximum absolute atomic E-state index is 11.7. The molecule has 0 aromatic carbocycles. The first-order chi connectivity index (χ1) is 49.2. The molecule has 1 N–H and O–H groups in total. The number of sulfone groups is 1. The molecule has 8 aliphatic heterocycles. The molecule has 0 bridgehead atoms. The molecule has 12 heteroatoms. The van der Waals surface area contributed by atoms with Crippen LogP contribution in [0.1, 0.15) is 403 Å². The summed E-state index contributed by atoms with van der Waals surface area (Å²) in [6.45, 7) is 118. The van der Waals surface area contributed by atoms with E-state index in [0.717, 1.165) is 39.4 Å². The zero-order valence-corrected chi connectivity index (χ0v) is 89.0. The Bertz CT molecular complexity index is 2640. The maximum Gasteiger partial charge on any atom is 0.220 e. The smallest absolute Gasteiger partial charge is 0.220 e. The second-order valence-electron chi connectivity index (χ2n) is 53.3. The topological polar surface area (TPSA) is 84.9 Å². The van der Waals surface area contributed by atoms with Crippen LogP contribution in [-0.4, -0.2) is 117 Å². The van der Waals surface area contributed by atoms with Crippen molar-refractivity contribution in [3.63, 3.8) is 0 Å². The molecule has 8 rings (SSSR count). The molecule has 0 spiro atoms. The molecular formula is C100H200N2O5S5. The van der Waals surface area contributed by atoms with Crippen LogP contribution in [0.15, 0.2) is 0 Å². The summed E-state index contributed by atoms with van der Waals surface area (Å²) in [6.07, 6.45) is 13.4. The minimum Gasteiger partial charge on any atom is -0.381 e. The van der Waals surface area contributed by atoms with E-state index >= 15 is 0 Å². The number of amides is 1. The number of rotatable bonds is 0. The summed E-state index contributed by atoms with van der Waals surface area (Å²) < 4.78 is 37.0. The monoisotopic (exact) mass is 1670 g/mol. The van der Waals surface area contributed by atoms with Crippen molar-refractivity contribution in [3.05, 3.63) is 0 Å². The lowest BCUT2D eigenvalue weighted by Crippen LogP contribution is -2.52. The van der Waals surface area contributed by atoms with Crippen molar-refractivity contribution in [1.29, 1.82) is 0 Å². The van der Waals surface area contributed by atoms with Gasteiger partial charge in [0.15, 0.2) is 9.84 Å². The van der Waals surface area contributed by atoms with Crippen LogP contribution in [0.25, 0.3) is 0 Å². The average molecular weight is 1670 g/mol. The maximum atomic E-state index is 11.7. The van der Waals surface area contributed by atoms with E-state index in [1.54, 1.807) is 0 Å². The summed E-state index contributed by atoms with van der Waals surface area (Å²) in [7, 11) is -0.612. The van der Waals surface area contributed by atoms with Crippen molar-refractivity contribution < 1.29 is 22.7 Å². The Morgan fingerprint density at radius 1 is 0.312 bits per heavy atom. The van der Waals surface area contributed by atoms with Crippen molar-refractivity contribution in [1.82, 2.24) is 9.62 Å². The molecule has 8 heterocycles. The largest absolute Gasteiger partial charge is 0.381 e. The van der Waals surface area contributed by atoms with E-state index in [-0.39, 0.29) is 38.4 Å². The fourth-order valence-electron chi connectivity index (χ4n) is 24.5. The summed E-state index contributed by atoms with van der Waals surface area (Å²) in [6, 6.07) is 0. The third-order valence-electron chi connectivity index (χ3n) is 32.7. The highest BCUT2D eigenvalue weighted by atomic mass is 32.2. The molecule has 112 heavy (non-hydrogen) atoms. The van der Waals surface area contributed by atoms with Crippen LogP contribution in [0, 0.1) is 130 Å². The fourth-order valence-corrected chi connectivity index (χ4v) is 33.8. The van der Waals surface area contributed by atoms with Gasteiger partial charge in [-0.15, -0.1) is 0 Å². The Morgan fingerprint density at radius 2 is 0.598 bits per heavy atom. The van der Waals surface area contributed by atoms with E-state index < -0.39 is 9.84 Å². The van der Waals surface area contributed by atoms with Crippen molar-refractivity contribution >= 4 is 63.0 Å². The summed E-state index contributed by atoms with van der Waals surface area (Å²) >= 11 is 8.43. The van der Waals surface area contributed by atoms with E-state index in [9.17, 15) is 13.2 Å². The molecule has 0 radical (unpaired) electrons. The normalized spacial score (nSPS) is 23.7. The van der Waals surface area contributed by atoms with Gasteiger partial charge in [-0.3, -0.25) is 9.10 Å². The molecule has 8 aliphatic rings. The lowest BCUT2D eigenvalue weighted by Gasteiger charge is -2.56. The molecule has 1 amide bonds. The van der Waals surface area contributed by atoms with Crippen LogP contribution >= 0.6 is 47.2 Å². The zero-order valence-electron chi connectivity index (χ0n) is 84.9. The van der Waals surface area contributed by atoms with Crippen molar-refractivity contribution in [2.24, 2.45) is 130 Å². The molecule has 8 saturated heterocycles. The SMILES string of the molecule is CC(C)(C)C1(C(C)(C)C)CCCSC1.CC(C)(C)C1(C(C)(C)C)CCOC1.CC(C)(C)C1(C(C)(C)C)CCOCC1.CC(C)(C)C1(C(C)(C)C)CCS(=O)(=O)C1.CC(C)(C)C1(C(C)(C)C)CCSC1.CC(C)(C)C1(C(C)(C)C)CCSCC1.CC(C)(C)C1(C(C)(C)C)CNC(=O)C1.CN1CCC(C(C)(C)C)(C(C)(C)C)CS1. The average Bonchev–Trinajstić information content (AvgIpc) is 1.48. The molecule has 670 valence electrons. The van der Waals surface area contributed by atoms with E-state index in [1.165, 1.54) is 105 Å². The predicted molar refractivity (Wildman–Crippen MR) is 512 cm³/mol. The minimum atomic E-state index is -2.82. The summed E-state index contributed by atoms with van der Waals surface area (Å²) in [4.78, 5) is 11.4. The molecule has 0 unspecified atom stereocenters. The third kappa shape index (κ3) is 25.5. The van der Waals surface area contributed by atoms with Gasteiger partial charge in [-0.05, 0) is 225 Å². The van der Waals surface area contributed by atoms with Gasteiger partial charge < -0.3 is 14.8 Å². The van der Waals surface area contributed by atoms with E-state index in [4.69, 9.17) is 9.47 Å². The molecule has 0 aliphatic carbocycles. The minimum absolute atomic E-state index is 0.0365. The Morgan fingerprint density at radius 3 is 0.786 bits per heavy atom. The highest BCUT2D eigenvalue weighted by Crippen LogP contribution is 2.65. The van der Waals surface area contributed by atoms with Crippen molar-refractivity contribution in [3.8, 4) is 0 Å². The van der Waals surface area contributed by atoms with E-state index in [1.807, 2.05) is 11.9 Å². The summed E-state index contributed by atoms with van der Waals surface area (Å²) in [5.41, 5.74) is 7.99. The number of hydrogen-bond donors (Lipinski definition) is 1. The standard InChI is InChI=1S/C13H27NS.C13H26O.2C13H26S.C12H23NO.C12H24O2S.C12H24O.C12H24S/c1-11(2,3)13(12(4,5)6)8-9-14(7)15-10-13;2*1-11(2,3)13(12(4,5)6)7-9-14-10-8-13;1-11(2,3)13(12(4,5)6)8-7-9-14-10-13;1-10(2,3)12(11(4,5)6)7-9(14)13-8-12;1-10(2,3)12(11(4,5)6)7-8-15(13,14)9-12;2*1-10(2,3)12(11(4,5)6)7-8-13-9-12/h8-10H2,1-7H3;3*7-10H2,1-6H3;7-8H2,1-6H3,(H,13,14);7-9H2,1-6H3;2*7-9H2,1-6H3. The van der Waals surface area contributed by atoms with Crippen LogP contribution in [0.4, 0.5) is 0 Å². The lowest BCUT2D eigenvalue weighted by molar-refractivity contribution is -0.121. The molecule has 0 aromatic rings. The number of nitrogens with zero attached hydrogens (tertiary/aromatic N) is 1. The van der Waals surface area contributed by atoms with Gasteiger partial charge in [-0.25, -0.2) is 8.42 Å². The summed E-state index contributed by atoms with van der Waals surface area (Å²) in [5.74, 6) is 10.3. The van der Waals surface area contributed by atoms with Crippen LogP contribution in [0.3, 0.4) is 0 Å². The molecule has 0 aromatic heterocycles. The van der Waals surface area contributed by atoms with Crippen LogP contribution in [0.5, 0.6) is 0 Å². The van der Waals surface area contributed by atoms with Gasteiger partial charge in [-0.1, -0.05) is 344 Å². The Balaban J connectivity index is 0.000000640. The number of carbonyl (C=O) groups excluding carboxylic acids is 1. The number of ether oxygens (including phenoxy) is 2. The lowest BCUT2D eigenvalue weighted by atomic mass is 9.51. The van der Waals surface area contributed by atoms with Crippen LogP contribution in [0.2, 0.25) is 0 Å². The van der Waals surface area contributed by atoms with Crippen LogP contribution < -0.4 is 5.32 Å². The first-order valence-corrected chi connectivity index (χ1v) is 51.1. The molecule has 7 nitrogen and oxygen atoms in total. The zero-order chi connectivity index (χ0) is 89.0. The van der Waals surface area contributed by atoms with Crippen molar-refractivity contribution in [2.45, 2.75) is 403 Å². The number of carbonyl (C=O) groups is 1. The second-order valence-corrected chi connectivity index (χ2v) is 60.1. The van der Waals surface area contributed by atoms with Gasteiger partial charge >= 0.3 is 0 Å². The highest BCUT2D eigenvalue weighted by Gasteiger charge is 2.60. The molecule has 0 atom stereocenters. The van der Waals surface area contributed by atoms with Gasteiger partial charge in [0, 0.05) is 55.9 Å². The Labute approximate surface area is 721 Å². The van der Waals surface area contributed by atoms with E-state index in [0.29, 0.717) is 115 Å². The Hall–Kier alpha value is 0.700. The van der Waals surface area contributed by atoms with Gasteiger partial charge in [0.2, 0.25) is 5.91 Å². The third-order valence-corrected chi connectivity index (χ3v) is 39.1. The van der Waals surface area contributed by atoms with Crippen LogP contribution in [-0.2, 0) is 24.1 Å². The quantitative estimate of drug-likeness (QED) is 0.237. The highest BCUT2D eigenvalue weighted by molar-refractivity contribution is 7.99. The summed E-state index contributed by atoms with van der Waals surface area (Å²) in [5, 5.41) is 2.98. The molecular weight excluding hydrogens is 1470 g/mol. The van der Waals surface area contributed by atoms with Gasteiger partial charge in [0.25, 0.3) is 0 Å². The number of thioether (sulfide) groups is 3. The van der Waals surface area contributed by atoms with Gasteiger partial charge in [-0.2, -0.15) is 35.3 Å². The Kier molecular flexibility index (Phi) is 37.6. The number of nitrogens with one attached hydrogen (secondary N) is 1. The first-order valence-electron chi connectivity index (χ1n) is 44.9. The number of hydrogen-bond acceptors (Lipinski definition) is 10. The van der Waals surface area contributed by atoms with E-state index in [2.05, 4.69) is 384 Å². The molecule has 8 fully saturated rings. The van der Waals surface area contributed by atoms with Gasteiger partial charge in [0.1, 0.15) is 0 Å². The fraction of sp³-hybridized carbons (Fsp3) is 0.990. The second kappa shape index (κ2) is 38.0. The first kappa shape index (κ1) is 111. The predicted octanol–water partition coefficient (Wildman–Crippen LogP) is 30.3.